The topological polar surface area (TPSA) is 73.2 Å². The molecule has 0 aliphatic carbocycles. The summed E-state index contributed by atoms with van der Waals surface area (Å²) < 4.78 is 7.36. The number of unbranched alkanes of at least 4 members (excludes halogenated alkanes) is 1. The summed E-state index contributed by atoms with van der Waals surface area (Å²) in [6.45, 7) is 6.67. The lowest BCUT2D eigenvalue weighted by Gasteiger charge is -2.20. The average Bonchev–Trinajstić information content (AvgIpc) is 3.28. The predicted molar refractivity (Wildman–Crippen MR) is 125 cm³/mol. The summed E-state index contributed by atoms with van der Waals surface area (Å²) in [5.41, 5.74) is 2.90. The smallest absolute Gasteiger partial charge is 0.407 e. The largest absolute Gasteiger partial charge is 0.444 e. The number of carbonyl (C=O) groups excluding carboxylic acids is 2. The first kappa shape index (κ1) is 23.3. The summed E-state index contributed by atoms with van der Waals surface area (Å²) in [7, 11) is 0. The van der Waals surface area contributed by atoms with Crippen LogP contribution in [0.5, 0.6) is 0 Å². The van der Waals surface area contributed by atoms with Gasteiger partial charge in [0.25, 0.3) is 0 Å². The van der Waals surface area contributed by atoms with Gasteiger partial charge in [-0.25, -0.2) is 9.78 Å². The monoisotopic (exact) mass is 433 g/mol. The summed E-state index contributed by atoms with van der Waals surface area (Å²) in [5, 5.41) is 2.82. The van der Waals surface area contributed by atoms with Crippen molar-refractivity contribution in [3.63, 3.8) is 0 Å². The number of carbonyl (C=O) groups is 2. The molecular formula is C26H31N3O3. The molecule has 3 rings (SSSR count). The molecule has 0 aliphatic rings. The molecule has 6 heteroatoms. The van der Waals surface area contributed by atoms with Crippen LogP contribution in [0.1, 0.15) is 56.0 Å². The molecule has 2 aromatic carbocycles. The lowest BCUT2D eigenvalue weighted by atomic mass is 9.92. The Morgan fingerprint density at radius 3 is 2.44 bits per heavy atom. The van der Waals surface area contributed by atoms with Crippen molar-refractivity contribution in [3.8, 4) is 11.1 Å². The standard InChI is InChI=1S/C26H31N3O3/c1-26(2,3)32-25(31)28-18-20-10-4-5-11-21(20)22-12-6-7-13-23(22)24(30)14-8-9-16-29-17-15-27-19-29/h4-7,10-13,15,17,19H,8-9,14,16,18H2,1-3H3,(H,28,31). The fraction of sp³-hybridized carbons (Fsp3) is 0.346. The third-order valence-corrected chi connectivity index (χ3v) is 4.99. The fourth-order valence-corrected chi connectivity index (χ4v) is 3.51. The SMILES string of the molecule is CC(C)(C)OC(=O)NCc1ccccc1-c1ccccc1C(=O)CCCCn1ccnc1. The molecule has 0 radical (unpaired) electrons. The van der Waals surface area contributed by atoms with Crippen LogP contribution in [0.25, 0.3) is 11.1 Å². The second kappa shape index (κ2) is 10.8. The second-order valence-electron chi connectivity index (χ2n) is 8.74. The van der Waals surface area contributed by atoms with Crippen molar-refractivity contribution in [2.45, 2.75) is 58.7 Å². The minimum absolute atomic E-state index is 0.126. The van der Waals surface area contributed by atoms with Crippen molar-refractivity contribution in [2.75, 3.05) is 0 Å². The number of nitrogens with one attached hydrogen (secondary N) is 1. The molecule has 168 valence electrons. The molecule has 0 spiro atoms. The highest BCUT2D eigenvalue weighted by Gasteiger charge is 2.18. The molecule has 1 N–H and O–H groups in total. The van der Waals surface area contributed by atoms with Crippen molar-refractivity contribution in [3.05, 3.63) is 78.4 Å². The predicted octanol–water partition coefficient (Wildman–Crippen LogP) is 5.63. The number of hydrogen-bond donors (Lipinski definition) is 1. The Labute approximate surface area is 189 Å². The van der Waals surface area contributed by atoms with Crippen molar-refractivity contribution in [2.24, 2.45) is 0 Å². The van der Waals surface area contributed by atoms with Crippen molar-refractivity contribution in [1.29, 1.82) is 0 Å². The molecule has 0 bridgehead atoms. The van der Waals surface area contributed by atoms with E-state index in [2.05, 4.69) is 10.3 Å². The van der Waals surface area contributed by atoms with Gasteiger partial charge in [-0.05, 0) is 50.3 Å². The summed E-state index contributed by atoms with van der Waals surface area (Å²) in [6.07, 6.45) is 7.24. The van der Waals surface area contributed by atoms with E-state index in [1.165, 1.54) is 0 Å². The minimum Gasteiger partial charge on any atom is -0.444 e. The van der Waals surface area contributed by atoms with Gasteiger partial charge < -0.3 is 14.6 Å². The minimum atomic E-state index is -0.555. The molecule has 3 aromatic rings. The fourth-order valence-electron chi connectivity index (χ4n) is 3.51. The van der Waals surface area contributed by atoms with Gasteiger partial charge in [0.15, 0.2) is 5.78 Å². The molecule has 0 atom stereocenters. The van der Waals surface area contributed by atoms with Crippen molar-refractivity contribution >= 4 is 11.9 Å². The van der Waals surface area contributed by atoms with E-state index in [0.29, 0.717) is 18.5 Å². The maximum Gasteiger partial charge on any atom is 0.407 e. The normalized spacial score (nSPS) is 11.2. The highest BCUT2D eigenvalue weighted by Crippen LogP contribution is 2.28. The van der Waals surface area contributed by atoms with Gasteiger partial charge in [0.05, 0.1) is 6.33 Å². The zero-order chi connectivity index (χ0) is 23.0. The molecule has 0 saturated carbocycles. The molecule has 1 aromatic heterocycles. The van der Waals surface area contributed by atoms with Crippen LogP contribution in [0.4, 0.5) is 4.79 Å². The first-order valence-corrected chi connectivity index (χ1v) is 11.0. The van der Waals surface area contributed by atoms with E-state index in [1.807, 2.05) is 80.1 Å². The maximum absolute atomic E-state index is 13.0. The van der Waals surface area contributed by atoms with Gasteiger partial charge in [0, 0.05) is 37.5 Å². The molecule has 32 heavy (non-hydrogen) atoms. The molecular weight excluding hydrogens is 402 g/mol. The van der Waals surface area contributed by atoms with E-state index in [-0.39, 0.29) is 5.78 Å². The molecule has 1 heterocycles. The number of hydrogen-bond acceptors (Lipinski definition) is 4. The Morgan fingerprint density at radius 2 is 1.72 bits per heavy atom. The van der Waals surface area contributed by atoms with Crippen LogP contribution in [0.15, 0.2) is 67.3 Å². The first-order valence-electron chi connectivity index (χ1n) is 11.0. The van der Waals surface area contributed by atoms with E-state index in [0.717, 1.165) is 36.1 Å². The van der Waals surface area contributed by atoms with Crippen LogP contribution >= 0.6 is 0 Å². The van der Waals surface area contributed by atoms with Crippen LogP contribution in [0.3, 0.4) is 0 Å². The van der Waals surface area contributed by atoms with E-state index < -0.39 is 11.7 Å². The zero-order valence-corrected chi connectivity index (χ0v) is 19.0. The van der Waals surface area contributed by atoms with Crippen LogP contribution < -0.4 is 5.32 Å². The first-order chi connectivity index (χ1) is 15.3. The molecule has 0 saturated heterocycles. The summed E-state index contributed by atoms with van der Waals surface area (Å²) in [5.74, 6) is 0.126. The summed E-state index contributed by atoms with van der Waals surface area (Å²) >= 11 is 0. The Morgan fingerprint density at radius 1 is 1.00 bits per heavy atom. The number of aryl methyl sites for hydroxylation is 1. The van der Waals surface area contributed by atoms with Gasteiger partial charge in [-0.15, -0.1) is 0 Å². The Hall–Kier alpha value is -3.41. The van der Waals surface area contributed by atoms with Gasteiger partial charge in [-0.1, -0.05) is 48.5 Å². The summed E-state index contributed by atoms with van der Waals surface area (Å²) in [4.78, 5) is 29.2. The number of aromatic nitrogens is 2. The number of Topliss-reactive ketones (excluding diaryl/α,β-unsaturated/α-hetero) is 1. The molecule has 0 aliphatic heterocycles. The number of ketones is 1. The lowest BCUT2D eigenvalue weighted by Crippen LogP contribution is -2.32. The van der Waals surface area contributed by atoms with E-state index in [4.69, 9.17) is 4.74 Å². The molecule has 1 amide bonds. The molecule has 6 nitrogen and oxygen atoms in total. The van der Waals surface area contributed by atoms with Crippen molar-refractivity contribution in [1.82, 2.24) is 14.9 Å². The second-order valence-corrected chi connectivity index (χ2v) is 8.74. The van der Waals surface area contributed by atoms with Crippen molar-refractivity contribution < 1.29 is 14.3 Å². The third kappa shape index (κ3) is 6.80. The molecule has 0 unspecified atom stereocenters. The van der Waals surface area contributed by atoms with Crippen LogP contribution in [-0.2, 0) is 17.8 Å². The number of nitrogens with zero attached hydrogens (tertiary/aromatic N) is 2. The van der Waals surface area contributed by atoms with Gasteiger partial charge in [-0.3, -0.25) is 4.79 Å². The van der Waals surface area contributed by atoms with Gasteiger partial charge in [0.1, 0.15) is 5.60 Å². The van der Waals surface area contributed by atoms with Crippen LogP contribution in [0, 0.1) is 0 Å². The van der Waals surface area contributed by atoms with E-state index in [1.54, 1.807) is 12.5 Å². The van der Waals surface area contributed by atoms with Crippen LogP contribution in [-0.4, -0.2) is 27.0 Å². The molecule has 0 fully saturated rings. The Kier molecular flexibility index (Phi) is 7.82. The lowest BCUT2D eigenvalue weighted by molar-refractivity contribution is 0.0523. The third-order valence-electron chi connectivity index (χ3n) is 4.99. The number of ether oxygens (including phenoxy) is 1. The quantitative estimate of drug-likeness (QED) is 0.351. The van der Waals surface area contributed by atoms with Gasteiger partial charge in [-0.2, -0.15) is 0 Å². The number of amides is 1. The highest BCUT2D eigenvalue weighted by molar-refractivity contribution is 6.02. The Bertz CT molecular complexity index is 1040. The number of rotatable bonds is 9. The van der Waals surface area contributed by atoms with Gasteiger partial charge in [0.2, 0.25) is 0 Å². The van der Waals surface area contributed by atoms with Gasteiger partial charge >= 0.3 is 6.09 Å². The van der Waals surface area contributed by atoms with E-state index in [9.17, 15) is 9.59 Å². The number of imidazole rings is 1. The number of alkyl carbamates (subject to hydrolysis) is 1. The Balaban J connectivity index is 1.69. The zero-order valence-electron chi connectivity index (χ0n) is 19.0. The highest BCUT2D eigenvalue weighted by atomic mass is 16.6. The van der Waals surface area contributed by atoms with E-state index >= 15 is 0 Å². The average molecular weight is 434 g/mol. The number of benzene rings is 2. The summed E-state index contributed by atoms with van der Waals surface area (Å²) in [6, 6.07) is 15.5. The maximum atomic E-state index is 13.0. The van der Waals surface area contributed by atoms with Crippen LogP contribution in [0.2, 0.25) is 0 Å².